The van der Waals surface area contributed by atoms with Crippen LogP contribution in [-0.4, -0.2) is 12.2 Å². The van der Waals surface area contributed by atoms with E-state index in [4.69, 9.17) is 9.15 Å². The summed E-state index contributed by atoms with van der Waals surface area (Å²) in [4.78, 5) is 0. The van der Waals surface area contributed by atoms with Gasteiger partial charge in [0.25, 0.3) is 0 Å². The van der Waals surface area contributed by atoms with Crippen LogP contribution in [-0.2, 0) is 5.60 Å². The zero-order chi connectivity index (χ0) is 15.0. The van der Waals surface area contributed by atoms with Gasteiger partial charge in [0.15, 0.2) is 11.4 Å². The smallest absolute Gasteiger partial charge is 0.170 e. The van der Waals surface area contributed by atoms with Gasteiger partial charge in [-0.1, -0.05) is 24.3 Å². The van der Waals surface area contributed by atoms with Crippen molar-refractivity contribution < 1.29 is 18.7 Å². The lowest BCUT2D eigenvalue weighted by Gasteiger charge is -2.21. The van der Waals surface area contributed by atoms with Gasteiger partial charge >= 0.3 is 0 Å². The average Bonchev–Trinajstić information content (AvgIpc) is 2.94. The third-order valence-electron chi connectivity index (χ3n) is 3.61. The highest BCUT2D eigenvalue weighted by atomic mass is 19.1. The maximum absolute atomic E-state index is 13.7. The maximum atomic E-state index is 13.7. The molecule has 4 heteroatoms. The molecule has 1 N–H and O–H groups in total. The van der Waals surface area contributed by atoms with Crippen LogP contribution in [0.5, 0.6) is 5.75 Å². The van der Waals surface area contributed by atoms with Crippen LogP contribution in [0.3, 0.4) is 0 Å². The van der Waals surface area contributed by atoms with Gasteiger partial charge in [-0.3, -0.25) is 0 Å². The van der Waals surface area contributed by atoms with Crippen molar-refractivity contribution in [2.24, 2.45) is 0 Å². The van der Waals surface area contributed by atoms with Gasteiger partial charge in [0.1, 0.15) is 17.1 Å². The first-order valence-corrected chi connectivity index (χ1v) is 6.58. The molecule has 108 valence electrons. The van der Waals surface area contributed by atoms with Crippen molar-refractivity contribution in [2.75, 3.05) is 7.11 Å². The van der Waals surface area contributed by atoms with Crippen molar-refractivity contribution in [3.8, 4) is 5.75 Å². The summed E-state index contributed by atoms with van der Waals surface area (Å²) in [5.41, 5.74) is -0.614. The minimum Gasteiger partial charge on any atom is -0.497 e. The van der Waals surface area contributed by atoms with Gasteiger partial charge in [-0.2, -0.15) is 0 Å². The van der Waals surface area contributed by atoms with E-state index in [-0.39, 0.29) is 11.3 Å². The molecule has 3 aromatic rings. The largest absolute Gasteiger partial charge is 0.497 e. The van der Waals surface area contributed by atoms with Crippen LogP contribution in [0.4, 0.5) is 4.39 Å². The number of benzene rings is 2. The fraction of sp³-hybridized carbons (Fsp3) is 0.176. The van der Waals surface area contributed by atoms with Crippen LogP contribution in [0.2, 0.25) is 0 Å². The first-order valence-electron chi connectivity index (χ1n) is 6.58. The number of fused-ring (bicyclic) bond motifs is 1. The van der Waals surface area contributed by atoms with Gasteiger partial charge in [-0.25, -0.2) is 4.39 Å². The first kappa shape index (κ1) is 13.6. The Hall–Kier alpha value is -2.33. The van der Waals surface area contributed by atoms with Crippen molar-refractivity contribution in [1.82, 2.24) is 0 Å². The Balaban J connectivity index is 2.12. The lowest BCUT2D eigenvalue weighted by molar-refractivity contribution is 0.0782. The number of para-hydroxylation sites is 1. The number of methoxy groups -OCH3 is 1. The number of hydrogen-bond donors (Lipinski definition) is 1. The molecule has 0 amide bonds. The SMILES string of the molecule is COc1cccc(C(C)(O)c2cc3cccc(F)c3o2)c1. The van der Waals surface area contributed by atoms with E-state index in [1.54, 1.807) is 56.5 Å². The Morgan fingerprint density at radius 3 is 2.62 bits per heavy atom. The summed E-state index contributed by atoms with van der Waals surface area (Å²) in [6.45, 7) is 1.61. The molecule has 0 radical (unpaired) electrons. The number of halogens is 1. The number of furan rings is 1. The fourth-order valence-electron chi connectivity index (χ4n) is 2.34. The highest BCUT2D eigenvalue weighted by Gasteiger charge is 2.30. The topological polar surface area (TPSA) is 42.6 Å². The van der Waals surface area contributed by atoms with Crippen molar-refractivity contribution in [3.05, 3.63) is 65.7 Å². The monoisotopic (exact) mass is 286 g/mol. The fourth-order valence-corrected chi connectivity index (χ4v) is 2.34. The molecule has 2 aromatic carbocycles. The molecule has 1 atom stereocenters. The molecule has 1 unspecified atom stereocenters. The Morgan fingerprint density at radius 2 is 1.90 bits per heavy atom. The summed E-state index contributed by atoms with van der Waals surface area (Å²) in [6.07, 6.45) is 0. The molecule has 0 spiro atoms. The van der Waals surface area contributed by atoms with Gasteiger partial charge < -0.3 is 14.3 Å². The average molecular weight is 286 g/mol. The van der Waals surface area contributed by atoms with E-state index >= 15 is 0 Å². The van der Waals surface area contributed by atoms with Crippen molar-refractivity contribution in [1.29, 1.82) is 0 Å². The predicted molar refractivity (Wildman–Crippen MR) is 77.8 cm³/mol. The van der Waals surface area contributed by atoms with Gasteiger partial charge in [0, 0.05) is 5.39 Å². The van der Waals surface area contributed by atoms with Gasteiger partial charge in [0.2, 0.25) is 0 Å². The molecule has 1 heterocycles. The highest BCUT2D eigenvalue weighted by molar-refractivity contribution is 5.78. The zero-order valence-electron chi connectivity index (χ0n) is 11.8. The standard InChI is InChI=1S/C17H15FO3/c1-17(19,12-6-4-7-13(10-12)20-2)15-9-11-5-3-8-14(18)16(11)21-15/h3-10,19H,1-2H3. The van der Waals surface area contributed by atoms with Crippen molar-refractivity contribution in [3.63, 3.8) is 0 Å². The first-order chi connectivity index (χ1) is 10.0. The van der Waals surface area contributed by atoms with Gasteiger partial charge in [-0.15, -0.1) is 0 Å². The molecule has 21 heavy (non-hydrogen) atoms. The maximum Gasteiger partial charge on any atom is 0.170 e. The molecule has 0 fully saturated rings. The summed E-state index contributed by atoms with van der Waals surface area (Å²) < 4.78 is 24.4. The van der Waals surface area contributed by atoms with E-state index < -0.39 is 11.4 Å². The van der Waals surface area contributed by atoms with Crippen LogP contribution in [0.1, 0.15) is 18.2 Å². The summed E-state index contributed by atoms with van der Waals surface area (Å²) in [7, 11) is 1.56. The van der Waals surface area contributed by atoms with E-state index in [0.717, 1.165) is 0 Å². The molecule has 0 saturated carbocycles. The normalized spacial score (nSPS) is 14.1. The second-order valence-corrected chi connectivity index (χ2v) is 5.07. The third-order valence-corrected chi connectivity index (χ3v) is 3.61. The van der Waals surface area contributed by atoms with E-state index in [1.165, 1.54) is 6.07 Å². The molecule has 0 aliphatic rings. The Bertz CT molecular complexity index is 790. The number of rotatable bonds is 3. The highest BCUT2D eigenvalue weighted by Crippen LogP contribution is 2.35. The molecule has 0 saturated heterocycles. The molecule has 1 aromatic heterocycles. The minimum atomic E-state index is -1.38. The Labute approximate surface area is 121 Å². The number of hydrogen-bond acceptors (Lipinski definition) is 3. The second-order valence-electron chi connectivity index (χ2n) is 5.07. The van der Waals surface area contributed by atoms with Crippen molar-refractivity contribution in [2.45, 2.75) is 12.5 Å². The van der Waals surface area contributed by atoms with Crippen LogP contribution < -0.4 is 4.74 Å². The van der Waals surface area contributed by atoms with Crippen LogP contribution in [0.15, 0.2) is 52.9 Å². The van der Waals surface area contributed by atoms with Crippen molar-refractivity contribution >= 4 is 11.0 Å². The lowest BCUT2D eigenvalue weighted by Crippen LogP contribution is -2.21. The van der Waals surface area contributed by atoms with Crippen LogP contribution >= 0.6 is 0 Å². The summed E-state index contributed by atoms with van der Waals surface area (Å²) in [5, 5.41) is 11.4. The molecular weight excluding hydrogens is 271 g/mol. The quantitative estimate of drug-likeness (QED) is 0.795. The summed E-state index contributed by atoms with van der Waals surface area (Å²) in [5.74, 6) is 0.478. The molecule has 0 aliphatic carbocycles. The number of ether oxygens (including phenoxy) is 1. The Morgan fingerprint density at radius 1 is 1.14 bits per heavy atom. The number of aliphatic hydroxyl groups is 1. The molecule has 3 rings (SSSR count). The molecule has 3 nitrogen and oxygen atoms in total. The van der Waals surface area contributed by atoms with Gasteiger partial charge in [0.05, 0.1) is 7.11 Å². The molecular formula is C17H15FO3. The molecule has 0 bridgehead atoms. The van der Waals surface area contributed by atoms with Crippen LogP contribution in [0, 0.1) is 5.82 Å². The van der Waals surface area contributed by atoms with E-state index in [1.807, 2.05) is 0 Å². The summed E-state index contributed by atoms with van der Waals surface area (Å²) in [6, 6.07) is 13.4. The second kappa shape index (κ2) is 4.90. The zero-order valence-corrected chi connectivity index (χ0v) is 11.8. The van der Waals surface area contributed by atoms with E-state index in [0.29, 0.717) is 16.7 Å². The van der Waals surface area contributed by atoms with E-state index in [9.17, 15) is 9.50 Å². The van der Waals surface area contributed by atoms with Gasteiger partial charge in [-0.05, 0) is 36.8 Å². The third kappa shape index (κ3) is 2.28. The van der Waals surface area contributed by atoms with Crippen LogP contribution in [0.25, 0.3) is 11.0 Å². The lowest BCUT2D eigenvalue weighted by atomic mass is 9.93. The van der Waals surface area contributed by atoms with E-state index in [2.05, 4.69) is 0 Å². The minimum absolute atomic E-state index is 0.149. The Kier molecular flexibility index (Phi) is 3.18. The summed E-state index contributed by atoms with van der Waals surface area (Å²) >= 11 is 0. The predicted octanol–water partition coefficient (Wildman–Crippen LogP) is 3.84. The molecule has 0 aliphatic heterocycles.